The fourth-order valence-electron chi connectivity index (χ4n) is 17.6. The van der Waals surface area contributed by atoms with E-state index in [9.17, 15) is 55.9 Å². The van der Waals surface area contributed by atoms with E-state index in [2.05, 4.69) is 5.32 Å². The van der Waals surface area contributed by atoms with Crippen molar-refractivity contribution >= 4 is 48.1 Å². The molecule has 7 heterocycles. The zero-order valence-electron chi connectivity index (χ0n) is 73.8. The quantitative estimate of drug-likeness (QED) is 0.0335. The number of fused-ring (bicyclic) bond motifs is 4. The van der Waals surface area contributed by atoms with Gasteiger partial charge in [-0.3, -0.25) is 19.2 Å². The molecular formula is C98H119F4N7O18. The third-order valence-electron chi connectivity index (χ3n) is 23.4. The molecule has 15 rings (SSSR count). The molecule has 8 fully saturated rings. The second kappa shape index (κ2) is 44.2. The summed E-state index contributed by atoms with van der Waals surface area (Å²) in [6, 6.07) is 52.4. The van der Waals surface area contributed by atoms with Crippen LogP contribution in [-0.2, 0) is 113 Å². The standard InChI is InChI=1S/C29H35FN2O6.C26H31FN2O5.C22H24FNO3.C21H29FN2O4/c1-29(2,3)38-26(34)14-13-25(33)32-17-24(36-18-21-9-11-22(30)12-10-21)27-23(32)15-16-31(27)28(35)37-19-20-7-5-4-6-8-20;1-26(2,3)34-25(31)29-15-22(32-16-19-9-11-20(27)12-10-19)23-21(29)13-14-28(23)24(30)33-17-18-7-5-4-6-8-18;23-19-9-6-17(7-10-19)14-26-20-11-8-18-12-13-24(21(18)20)22(25)27-15-16-4-2-1-3-5-16;1-21(2,3)28-19(26)9-8-18(25)24-12-17(20-16(24)10-11-23-20)27-13-14-4-6-15(22)7-5-14/h4-12,23-24,27H,13-19H2,1-3H3;4-12,21-23H,13-17H2,1-3H3;1-7,9-10,18,20-21H,8,11-15H2;4-7,16-17,20,23H,8-13H2,1-3H3/t23-,24+,27+;21-,22+,23+;18-,20+,21+;16-,17+,20+/m1111/s1. The third kappa shape index (κ3) is 27.5. The normalized spacial score (nSPS) is 22.6. The van der Waals surface area contributed by atoms with Crippen LogP contribution >= 0.6 is 0 Å². The maximum Gasteiger partial charge on any atom is 0.410 e. The van der Waals surface area contributed by atoms with Crippen molar-refractivity contribution in [2.24, 2.45) is 5.92 Å². The Balaban J connectivity index is 0.000000155. The van der Waals surface area contributed by atoms with E-state index in [4.69, 9.17) is 47.4 Å². The molecule has 127 heavy (non-hydrogen) atoms. The van der Waals surface area contributed by atoms with E-state index in [-0.39, 0.29) is 167 Å². The highest BCUT2D eigenvalue weighted by Gasteiger charge is 2.56. The first-order valence-corrected chi connectivity index (χ1v) is 43.9. The molecular weight excluding hydrogens is 1640 g/mol. The van der Waals surface area contributed by atoms with Gasteiger partial charge < -0.3 is 82.1 Å². The summed E-state index contributed by atoms with van der Waals surface area (Å²) in [5, 5.41) is 3.42. The predicted molar refractivity (Wildman–Crippen MR) is 462 cm³/mol. The van der Waals surface area contributed by atoms with Crippen LogP contribution in [0.5, 0.6) is 0 Å². The summed E-state index contributed by atoms with van der Waals surface area (Å²) in [7, 11) is 0. The van der Waals surface area contributed by atoms with Crippen molar-refractivity contribution < 1.29 is 103 Å². The Hall–Kier alpha value is -11.0. The number of hydrogen-bond donors (Lipinski definition) is 1. The number of halogens is 4. The van der Waals surface area contributed by atoms with Crippen molar-refractivity contribution in [2.45, 2.75) is 256 Å². The van der Waals surface area contributed by atoms with E-state index >= 15 is 0 Å². The Bertz CT molecular complexity index is 4760. The number of benzene rings is 7. The van der Waals surface area contributed by atoms with Crippen LogP contribution in [0.15, 0.2) is 188 Å². The third-order valence-corrected chi connectivity index (χ3v) is 23.4. The predicted octanol–water partition coefficient (Wildman–Crippen LogP) is 16.1. The van der Waals surface area contributed by atoms with Gasteiger partial charge in [-0.15, -0.1) is 0 Å². The molecule has 0 aromatic heterocycles. The number of amides is 6. The van der Waals surface area contributed by atoms with Crippen LogP contribution in [0, 0.1) is 29.2 Å². The molecule has 6 amide bonds. The highest BCUT2D eigenvalue weighted by molar-refractivity contribution is 5.83. The first-order valence-electron chi connectivity index (χ1n) is 43.9. The molecule has 7 saturated heterocycles. The number of carbonyl (C=O) groups excluding carboxylic acids is 8. The van der Waals surface area contributed by atoms with Gasteiger partial charge in [-0.25, -0.2) is 36.7 Å². The van der Waals surface area contributed by atoms with Gasteiger partial charge in [-0.05, 0) is 201 Å². The summed E-state index contributed by atoms with van der Waals surface area (Å²) in [5.41, 5.74) is 4.39. The van der Waals surface area contributed by atoms with Gasteiger partial charge in [0.2, 0.25) is 11.8 Å². The lowest BCUT2D eigenvalue weighted by Gasteiger charge is -2.28. The van der Waals surface area contributed by atoms with Crippen molar-refractivity contribution in [1.82, 2.24) is 34.7 Å². The fourth-order valence-corrected chi connectivity index (χ4v) is 17.6. The van der Waals surface area contributed by atoms with Gasteiger partial charge in [-0.2, -0.15) is 0 Å². The number of likely N-dealkylation sites (tertiary alicyclic amines) is 6. The van der Waals surface area contributed by atoms with Crippen LogP contribution in [0.2, 0.25) is 0 Å². The van der Waals surface area contributed by atoms with Gasteiger partial charge in [-0.1, -0.05) is 140 Å². The van der Waals surface area contributed by atoms with E-state index in [0.29, 0.717) is 58.2 Å². The van der Waals surface area contributed by atoms with Crippen molar-refractivity contribution in [3.8, 4) is 0 Å². The molecule has 0 bridgehead atoms. The summed E-state index contributed by atoms with van der Waals surface area (Å²) in [6.45, 7) is 21.6. The monoisotopic (exact) mass is 1760 g/mol. The molecule has 0 radical (unpaired) electrons. The molecule has 1 saturated carbocycles. The van der Waals surface area contributed by atoms with E-state index < -0.39 is 53.3 Å². The van der Waals surface area contributed by atoms with Crippen LogP contribution in [0.4, 0.5) is 36.7 Å². The topological polar surface area (TPSA) is 260 Å². The molecule has 7 aromatic carbocycles. The zero-order chi connectivity index (χ0) is 90.5. The molecule has 0 unspecified atom stereocenters. The van der Waals surface area contributed by atoms with Gasteiger partial charge in [0.15, 0.2) is 0 Å². The second-order valence-corrected chi connectivity index (χ2v) is 36.1. The van der Waals surface area contributed by atoms with Crippen LogP contribution in [0.1, 0.15) is 165 Å². The molecule has 682 valence electrons. The highest BCUT2D eigenvalue weighted by atomic mass is 19.1. The number of nitrogens with one attached hydrogen (secondary N) is 1. The van der Waals surface area contributed by atoms with Crippen molar-refractivity contribution in [2.75, 3.05) is 45.8 Å². The highest BCUT2D eigenvalue weighted by Crippen LogP contribution is 2.42. The number of ether oxygens (including phenoxy) is 10. The van der Waals surface area contributed by atoms with Crippen LogP contribution in [0.25, 0.3) is 0 Å². The average Bonchev–Trinajstić information content (AvgIpc) is 1.61. The lowest BCUT2D eigenvalue weighted by molar-refractivity contribution is -0.157. The van der Waals surface area contributed by atoms with Crippen LogP contribution in [0.3, 0.4) is 0 Å². The minimum absolute atomic E-state index is 0.00632. The number of nitrogens with zero attached hydrogens (tertiary/aromatic N) is 6. The number of hydrogen-bond acceptors (Lipinski definition) is 19. The molecule has 25 nitrogen and oxygen atoms in total. The summed E-state index contributed by atoms with van der Waals surface area (Å²) < 4.78 is 110. The number of carbonyl (C=O) groups is 8. The Labute approximate surface area is 740 Å². The summed E-state index contributed by atoms with van der Waals surface area (Å²) >= 11 is 0. The fraction of sp³-hybridized carbons (Fsp3) is 0.490. The Morgan fingerprint density at radius 3 is 1.02 bits per heavy atom. The smallest absolute Gasteiger partial charge is 0.410 e. The Kier molecular flexibility index (Phi) is 33.1. The van der Waals surface area contributed by atoms with Gasteiger partial charge >= 0.3 is 36.3 Å². The SMILES string of the molecule is CC(C)(C)OC(=O)CCC(=O)N1C[C@H](OCc2ccc(F)cc2)[C@@H]2[C@H]1CCN2C(=O)OCc1ccccc1.CC(C)(C)OC(=O)CCC(=O)N1C[C@H](OCc2ccc(F)cc2)[C@H]2NCC[C@H]21.CC(C)(C)OC(=O)N1C[C@H](OCc2ccc(F)cc2)[C@@H]2[C@H]1CCN2C(=O)OCc1ccccc1.O=C(OCc1ccccc1)N1CC[C@H]2CC[C@H](OCc3ccc(F)cc3)[C@H]21. The largest absolute Gasteiger partial charge is 0.460 e. The minimum atomic E-state index is -0.632. The molecule has 12 atom stereocenters. The maximum atomic E-state index is 13.3. The van der Waals surface area contributed by atoms with E-state index in [1.54, 1.807) is 88.9 Å². The van der Waals surface area contributed by atoms with E-state index in [1.165, 1.54) is 48.5 Å². The molecule has 1 N–H and O–H groups in total. The molecule has 29 heteroatoms. The van der Waals surface area contributed by atoms with Gasteiger partial charge in [0.05, 0.1) is 113 Å². The number of esters is 2. The molecule has 8 aliphatic rings. The van der Waals surface area contributed by atoms with Crippen LogP contribution < -0.4 is 5.32 Å². The van der Waals surface area contributed by atoms with Crippen molar-refractivity contribution in [3.05, 3.63) is 250 Å². The van der Waals surface area contributed by atoms with Gasteiger partial charge in [0, 0.05) is 45.6 Å². The van der Waals surface area contributed by atoms with Gasteiger partial charge in [0.1, 0.15) is 59.9 Å². The average molecular weight is 1760 g/mol. The summed E-state index contributed by atoms with van der Waals surface area (Å²) in [5.74, 6) is -1.70. The molecule has 7 aromatic rings. The van der Waals surface area contributed by atoms with Gasteiger partial charge in [0.25, 0.3) is 0 Å². The lowest BCUT2D eigenvalue weighted by atomic mass is 10.0. The van der Waals surface area contributed by atoms with Crippen molar-refractivity contribution in [3.63, 3.8) is 0 Å². The maximum absolute atomic E-state index is 13.3. The Morgan fingerprint density at radius 2 is 0.638 bits per heavy atom. The van der Waals surface area contributed by atoms with E-state index in [1.807, 2.05) is 142 Å². The lowest BCUT2D eigenvalue weighted by Crippen LogP contribution is -2.46. The van der Waals surface area contributed by atoms with Crippen molar-refractivity contribution in [1.29, 1.82) is 0 Å². The van der Waals surface area contributed by atoms with E-state index in [0.717, 1.165) is 77.7 Å². The first-order chi connectivity index (χ1) is 60.7. The zero-order valence-corrected chi connectivity index (χ0v) is 73.8. The molecule has 0 spiro atoms. The molecule has 7 aliphatic heterocycles. The van der Waals surface area contributed by atoms with Crippen LogP contribution in [-0.4, -0.2) is 207 Å². The summed E-state index contributed by atoms with van der Waals surface area (Å²) in [6.07, 6.45) is 2.74. The molecule has 1 aliphatic carbocycles. The minimum Gasteiger partial charge on any atom is -0.460 e. The number of rotatable bonds is 24. The first kappa shape index (κ1) is 95.1. The summed E-state index contributed by atoms with van der Waals surface area (Å²) in [4.78, 5) is 112. The second-order valence-electron chi connectivity index (χ2n) is 36.1. The Morgan fingerprint density at radius 1 is 0.315 bits per heavy atom.